The lowest BCUT2D eigenvalue weighted by atomic mass is 10.1. The summed E-state index contributed by atoms with van der Waals surface area (Å²) in [6.45, 7) is 3.68. The molecule has 0 atom stereocenters. The Morgan fingerprint density at radius 3 is 2.48 bits per heavy atom. The van der Waals surface area contributed by atoms with Crippen molar-refractivity contribution in [2.24, 2.45) is 0 Å². The first-order valence-corrected chi connectivity index (χ1v) is 8.61. The summed E-state index contributed by atoms with van der Waals surface area (Å²) < 4.78 is 30.2. The molecular formula is C15H22N2O5S. The normalized spacial score (nSPS) is 11.3. The van der Waals surface area contributed by atoms with Crippen molar-refractivity contribution in [1.29, 1.82) is 0 Å². The Kier molecular flexibility index (Phi) is 6.71. The molecule has 128 valence electrons. The van der Waals surface area contributed by atoms with Gasteiger partial charge in [-0.3, -0.25) is 4.79 Å². The average Bonchev–Trinajstić information content (AvgIpc) is 2.50. The zero-order valence-electron chi connectivity index (χ0n) is 13.8. The fourth-order valence-corrected chi connectivity index (χ4v) is 2.65. The van der Waals surface area contributed by atoms with E-state index in [0.29, 0.717) is 12.1 Å². The Morgan fingerprint density at radius 1 is 1.26 bits per heavy atom. The summed E-state index contributed by atoms with van der Waals surface area (Å²) in [6.07, 6.45) is 0.781. The molecule has 1 aromatic carbocycles. The van der Waals surface area contributed by atoms with Gasteiger partial charge in [0.25, 0.3) is 5.91 Å². The van der Waals surface area contributed by atoms with Crippen LogP contribution in [0.3, 0.4) is 0 Å². The van der Waals surface area contributed by atoms with E-state index >= 15 is 0 Å². The second-order valence-corrected chi connectivity index (χ2v) is 7.34. The number of carbonyl (C=O) groups excluding carboxylic acids is 2. The summed E-state index contributed by atoms with van der Waals surface area (Å²) in [7, 11) is -0.831. The standard InChI is InChI=1S/C15H22N2O5S/c1-5-8-16-14(18)10-22-15(19)13-9-12(7-6-11(13)2)23(20,21)17(3)4/h6-7,9H,5,8,10H2,1-4H3,(H,16,18). The number of nitrogens with zero attached hydrogens (tertiary/aromatic N) is 1. The number of benzene rings is 1. The minimum atomic E-state index is -3.65. The number of amides is 1. The van der Waals surface area contributed by atoms with E-state index in [1.165, 1.54) is 32.3 Å². The summed E-state index contributed by atoms with van der Waals surface area (Å²) in [4.78, 5) is 23.5. The largest absolute Gasteiger partial charge is 0.452 e. The first-order chi connectivity index (χ1) is 10.7. The lowest BCUT2D eigenvalue weighted by molar-refractivity contribution is -0.124. The third kappa shape index (κ3) is 5.04. The predicted octanol–water partition coefficient (Wildman–Crippen LogP) is 0.928. The number of sulfonamides is 1. The molecule has 1 rings (SSSR count). The van der Waals surface area contributed by atoms with E-state index in [2.05, 4.69) is 5.32 Å². The topological polar surface area (TPSA) is 92.8 Å². The van der Waals surface area contributed by atoms with Gasteiger partial charge in [0.15, 0.2) is 6.61 Å². The maximum atomic E-state index is 12.1. The first-order valence-electron chi connectivity index (χ1n) is 7.17. The van der Waals surface area contributed by atoms with Gasteiger partial charge in [0, 0.05) is 20.6 Å². The van der Waals surface area contributed by atoms with Crippen LogP contribution in [0.2, 0.25) is 0 Å². The lowest BCUT2D eigenvalue weighted by Gasteiger charge is -2.13. The number of nitrogens with one attached hydrogen (secondary N) is 1. The summed E-state index contributed by atoms with van der Waals surface area (Å²) in [6, 6.07) is 4.22. The Labute approximate surface area is 136 Å². The molecule has 0 unspecified atom stereocenters. The zero-order chi connectivity index (χ0) is 17.6. The van der Waals surface area contributed by atoms with Crippen molar-refractivity contribution in [2.75, 3.05) is 27.2 Å². The molecule has 23 heavy (non-hydrogen) atoms. The monoisotopic (exact) mass is 342 g/mol. The molecule has 0 aliphatic rings. The van der Waals surface area contributed by atoms with Crippen LogP contribution in [0.15, 0.2) is 23.1 Å². The fraction of sp³-hybridized carbons (Fsp3) is 0.467. The second kappa shape index (κ2) is 8.07. The number of esters is 1. The Hall–Kier alpha value is -1.93. The number of hydrogen-bond donors (Lipinski definition) is 1. The highest BCUT2D eigenvalue weighted by molar-refractivity contribution is 7.89. The van der Waals surface area contributed by atoms with E-state index in [1.807, 2.05) is 6.92 Å². The van der Waals surface area contributed by atoms with Crippen molar-refractivity contribution in [3.8, 4) is 0 Å². The van der Waals surface area contributed by atoms with Crippen molar-refractivity contribution < 1.29 is 22.7 Å². The zero-order valence-corrected chi connectivity index (χ0v) is 14.6. The van der Waals surface area contributed by atoms with Crippen LogP contribution in [0.1, 0.15) is 29.3 Å². The molecule has 0 aromatic heterocycles. The van der Waals surface area contributed by atoms with Crippen LogP contribution in [0.25, 0.3) is 0 Å². The van der Waals surface area contributed by atoms with Crippen molar-refractivity contribution in [2.45, 2.75) is 25.2 Å². The van der Waals surface area contributed by atoms with Gasteiger partial charge >= 0.3 is 5.97 Å². The molecule has 0 saturated carbocycles. The minimum Gasteiger partial charge on any atom is -0.452 e. The number of rotatable bonds is 7. The molecular weight excluding hydrogens is 320 g/mol. The minimum absolute atomic E-state index is 0.00418. The van der Waals surface area contributed by atoms with Gasteiger partial charge in [0.2, 0.25) is 10.0 Å². The summed E-state index contributed by atoms with van der Waals surface area (Å²) in [5.74, 6) is -1.13. The van der Waals surface area contributed by atoms with E-state index in [0.717, 1.165) is 10.7 Å². The maximum absolute atomic E-state index is 12.1. The van der Waals surface area contributed by atoms with Crippen molar-refractivity contribution >= 4 is 21.9 Å². The van der Waals surface area contributed by atoms with E-state index in [1.54, 1.807) is 6.92 Å². The maximum Gasteiger partial charge on any atom is 0.338 e. The van der Waals surface area contributed by atoms with Crippen molar-refractivity contribution in [3.05, 3.63) is 29.3 Å². The number of aryl methyl sites for hydroxylation is 1. The van der Waals surface area contributed by atoms with Gasteiger partial charge in [0.1, 0.15) is 0 Å². The molecule has 0 spiro atoms. The quantitative estimate of drug-likeness (QED) is 0.744. The molecule has 1 aromatic rings. The van der Waals surface area contributed by atoms with Crippen molar-refractivity contribution in [1.82, 2.24) is 9.62 Å². The SMILES string of the molecule is CCCNC(=O)COC(=O)c1cc(S(=O)(=O)N(C)C)ccc1C. The number of hydrogen-bond acceptors (Lipinski definition) is 5. The van der Waals surface area contributed by atoms with E-state index in [-0.39, 0.29) is 10.5 Å². The van der Waals surface area contributed by atoms with Crippen LogP contribution in [0, 0.1) is 6.92 Å². The average molecular weight is 342 g/mol. The molecule has 1 N–H and O–H groups in total. The third-order valence-corrected chi connectivity index (χ3v) is 4.93. The molecule has 0 aliphatic heterocycles. The first kappa shape index (κ1) is 19.1. The summed E-state index contributed by atoms with van der Waals surface area (Å²) >= 11 is 0. The number of carbonyl (C=O) groups is 2. The second-order valence-electron chi connectivity index (χ2n) is 5.19. The van der Waals surface area contributed by atoms with Gasteiger partial charge < -0.3 is 10.1 Å². The Morgan fingerprint density at radius 2 is 1.91 bits per heavy atom. The van der Waals surface area contributed by atoms with Gasteiger partial charge in [-0.1, -0.05) is 13.0 Å². The van der Waals surface area contributed by atoms with E-state index in [4.69, 9.17) is 4.74 Å². The molecule has 0 saturated heterocycles. The number of ether oxygens (including phenoxy) is 1. The Balaban J connectivity index is 2.91. The molecule has 1 amide bonds. The van der Waals surface area contributed by atoms with Crippen LogP contribution in [0.5, 0.6) is 0 Å². The third-order valence-electron chi connectivity index (χ3n) is 3.11. The summed E-state index contributed by atoms with van der Waals surface area (Å²) in [5.41, 5.74) is 0.692. The Bertz CT molecular complexity index is 683. The van der Waals surface area contributed by atoms with Gasteiger partial charge in [-0.2, -0.15) is 0 Å². The van der Waals surface area contributed by atoms with Gasteiger partial charge in [0.05, 0.1) is 10.5 Å². The highest BCUT2D eigenvalue weighted by Crippen LogP contribution is 2.18. The molecule has 8 heteroatoms. The van der Waals surface area contributed by atoms with Crippen molar-refractivity contribution in [3.63, 3.8) is 0 Å². The molecule has 0 aliphatic carbocycles. The van der Waals surface area contributed by atoms with Gasteiger partial charge in [-0.25, -0.2) is 17.5 Å². The fourth-order valence-electron chi connectivity index (χ4n) is 1.72. The van der Waals surface area contributed by atoms with Crippen LogP contribution >= 0.6 is 0 Å². The van der Waals surface area contributed by atoms with Crippen LogP contribution in [-0.2, 0) is 19.6 Å². The van der Waals surface area contributed by atoms with Gasteiger partial charge in [-0.15, -0.1) is 0 Å². The molecule has 0 radical (unpaired) electrons. The highest BCUT2D eigenvalue weighted by Gasteiger charge is 2.21. The van der Waals surface area contributed by atoms with E-state index < -0.39 is 28.5 Å². The molecule has 0 fully saturated rings. The smallest absolute Gasteiger partial charge is 0.338 e. The van der Waals surface area contributed by atoms with Crippen LogP contribution in [-0.4, -0.2) is 51.8 Å². The van der Waals surface area contributed by atoms with Gasteiger partial charge in [-0.05, 0) is 31.0 Å². The summed E-state index contributed by atoms with van der Waals surface area (Å²) in [5, 5.41) is 2.59. The highest BCUT2D eigenvalue weighted by atomic mass is 32.2. The molecule has 7 nitrogen and oxygen atoms in total. The molecule has 0 heterocycles. The predicted molar refractivity (Wildman–Crippen MR) is 85.6 cm³/mol. The van der Waals surface area contributed by atoms with Crippen LogP contribution < -0.4 is 5.32 Å². The lowest BCUT2D eigenvalue weighted by Crippen LogP contribution is -2.29. The van der Waals surface area contributed by atoms with E-state index in [9.17, 15) is 18.0 Å². The van der Waals surface area contributed by atoms with Crippen LogP contribution in [0.4, 0.5) is 0 Å². The molecule has 0 bridgehead atoms.